The number of carbonyl (C=O) groups excluding carboxylic acids is 1. The van der Waals surface area contributed by atoms with Gasteiger partial charge in [-0.3, -0.25) is 4.79 Å². The second kappa shape index (κ2) is 5.65. The number of hydrogen-bond donors (Lipinski definition) is 0. The van der Waals surface area contributed by atoms with Crippen molar-refractivity contribution in [2.45, 2.75) is 71.4 Å². The molecule has 0 saturated carbocycles. The second-order valence-electron chi connectivity index (χ2n) is 7.61. The zero-order valence-corrected chi connectivity index (χ0v) is 15.1. The first kappa shape index (κ1) is 16.9. The zero-order valence-electron chi connectivity index (χ0n) is 14.1. The van der Waals surface area contributed by atoms with Crippen molar-refractivity contribution >= 4 is 14.3 Å². The number of cyclic esters (lactones) is 1. The molecule has 122 valence electrons. The van der Waals surface area contributed by atoms with Crippen LogP contribution >= 0.6 is 0 Å². The Hall–Kier alpha value is -0.433. The van der Waals surface area contributed by atoms with Crippen LogP contribution in [0.2, 0.25) is 19.6 Å². The number of rotatable bonds is 4. The van der Waals surface area contributed by atoms with Crippen LogP contribution in [0, 0.1) is 11.8 Å². The van der Waals surface area contributed by atoms with E-state index in [-0.39, 0.29) is 36.1 Å². The molecule has 6 heteroatoms. The van der Waals surface area contributed by atoms with Crippen LogP contribution in [-0.2, 0) is 23.4 Å². The zero-order chi connectivity index (χ0) is 16.0. The molecule has 5 atom stereocenters. The van der Waals surface area contributed by atoms with Crippen LogP contribution in [0.5, 0.6) is 0 Å². The lowest BCUT2D eigenvalue weighted by molar-refractivity contribution is -0.166. The molecule has 21 heavy (non-hydrogen) atoms. The third kappa shape index (κ3) is 3.86. The highest BCUT2D eigenvalue weighted by atomic mass is 28.4. The molecule has 0 unspecified atom stereocenters. The van der Waals surface area contributed by atoms with Gasteiger partial charge in [-0.25, -0.2) is 0 Å². The summed E-state index contributed by atoms with van der Waals surface area (Å²) in [5.74, 6) is -0.734. The average molecular weight is 316 g/mol. The first-order valence-corrected chi connectivity index (χ1v) is 11.1. The molecular formula is C15H28O5Si. The Morgan fingerprint density at radius 1 is 1.29 bits per heavy atom. The second-order valence-corrected chi connectivity index (χ2v) is 12.1. The predicted octanol–water partition coefficient (Wildman–Crippen LogP) is 2.56. The van der Waals surface area contributed by atoms with Gasteiger partial charge in [-0.1, -0.05) is 13.8 Å². The summed E-state index contributed by atoms with van der Waals surface area (Å²) in [5, 5.41) is 0. The maximum absolute atomic E-state index is 11.9. The van der Waals surface area contributed by atoms with E-state index < -0.39 is 14.1 Å². The van der Waals surface area contributed by atoms with Crippen LogP contribution in [0.3, 0.4) is 0 Å². The van der Waals surface area contributed by atoms with Crippen LogP contribution < -0.4 is 0 Å². The van der Waals surface area contributed by atoms with E-state index in [4.69, 9.17) is 18.6 Å². The number of esters is 1. The fraction of sp³-hybridized carbons (Fsp3) is 0.933. The molecule has 2 rings (SSSR count). The summed E-state index contributed by atoms with van der Waals surface area (Å²) in [6, 6.07) is 0. The molecule has 5 nitrogen and oxygen atoms in total. The topological polar surface area (TPSA) is 54.0 Å². The molecule has 0 N–H and O–H groups in total. The fourth-order valence-corrected chi connectivity index (χ4v) is 3.96. The number of hydrogen-bond acceptors (Lipinski definition) is 5. The Labute approximate surface area is 128 Å². The molecule has 0 aromatic rings. The van der Waals surface area contributed by atoms with Crippen LogP contribution in [0.1, 0.15) is 27.7 Å². The maximum Gasteiger partial charge on any atom is 0.309 e. The van der Waals surface area contributed by atoms with Gasteiger partial charge in [-0.2, -0.15) is 0 Å². The molecule has 2 aliphatic heterocycles. The Bertz CT molecular complexity index is 403. The van der Waals surface area contributed by atoms with Gasteiger partial charge in [0, 0.05) is 5.92 Å². The Morgan fingerprint density at radius 3 is 2.29 bits per heavy atom. The highest BCUT2D eigenvalue weighted by Crippen LogP contribution is 2.36. The van der Waals surface area contributed by atoms with E-state index in [1.165, 1.54) is 0 Å². The van der Waals surface area contributed by atoms with Crippen molar-refractivity contribution in [2.75, 3.05) is 6.61 Å². The van der Waals surface area contributed by atoms with E-state index in [0.717, 1.165) is 0 Å². The summed E-state index contributed by atoms with van der Waals surface area (Å²) < 4.78 is 23.6. The van der Waals surface area contributed by atoms with Crippen LogP contribution in [0.15, 0.2) is 0 Å². The Morgan fingerprint density at radius 2 is 1.90 bits per heavy atom. The monoisotopic (exact) mass is 316 g/mol. The minimum atomic E-state index is -1.80. The SMILES string of the molecule is C[C@H]1[C@H]([C@H](O[Si](C)(C)C)[C@H]2COC(C)(C)O2)OC(=O)[C@@H]1C. The van der Waals surface area contributed by atoms with Gasteiger partial charge < -0.3 is 18.6 Å². The van der Waals surface area contributed by atoms with Crippen LogP contribution in [-0.4, -0.2) is 45.0 Å². The van der Waals surface area contributed by atoms with E-state index in [1.54, 1.807) is 0 Å². The van der Waals surface area contributed by atoms with E-state index in [1.807, 2.05) is 27.7 Å². The summed E-state index contributed by atoms with van der Waals surface area (Å²) in [4.78, 5) is 11.9. The largest absolute Gasteiger partial charge is 0.459 e. The highest BCUT2D eigenvalue weighted by Gasteiger charge is 2.50. The summed E-state index contributed by atoms with van der Waals surface area (Å²) >= 11 is 0. The van der Waals surface area contributed by atoms with Gasteiger partial charge in [0.15, 0.2) is 14.1 Å². The van der Waals surface area contributed by atoms with Gasteiger partial charge in [0.05, 0.1) is 12.5 Å². The molecule has 0 amide bonds. The lowest BCUT2D eigenvalue weighted by atomic mass is 9.89. The maximum atomic E-state index is 11.9. The summed E-state index contributed by atoms with van der Waals surface area (Å²) in [5.41, 5.74) is 0. The quantitative estimate of drug-likeness (QED) is 0.589. The minimum absolute atomic E-state index is 0.0990. The van der Waals surface area contributed by atoms with E-state index in [9.17, 15) is 4.79 Å². The molecule has 0 aliphatic carbocycles. The van der Waals surface area contributed by atoms with Crippen molar-refractivity contribution in [3.05, 3.63) is 0 Å². The first-order valence-electron chi connectivity index (χ1n) is 7.70. The summed E-state index contributed by atoms with van der Waals surface area (Å²) in [6.45, 7) is 14.6. The molecule has 2 fully saturated rings. The number of carbonyl (C=O) groups is 1. The van der Waals surface area contributed by atoms with Crippen LogP contribution in [0.4, 0.5) is 0 Å². The van der Waals surface area contributed by atoms with Crippen molar-refractivity contribution in [2.24, 2.45) is 11.8 Å². The van der Waals surface area contributed by atoms with Crippen molar-refractivity contribution in [1.29, 1.82) is 0 Å². The van der Waals surface area contributed by atoms with Gasteiger partial charge >= 0.3 is 5.97 Å². The van der Waals surface area contributed by atoms with Gasteiger partial charge in [-0.15, -0.1) is 0 Å². The molecule has 0 aromatic heterocycles. The molecular weight excluding hydrogens is 288 g/mol. The smallest absolute Gasteiger partial charge is 0.309 e. The summed E-state index contributed by atoms with van der Waals surface area (Å²) in [6.07, 6.45) is -0.721. The van der Waals surface area contributed by atoms with Crippen LogP contribution in [0.25, 0.3) is 0 Å². The first-order chi connectivity index (χ1) is 9.50. The Kier molecular flexibility index (Phi) is 4.55. The normalized spacial score (nSPS) is 37.6. The molecule has 0 spiro atoms. The van der Waals surface area contributed by atoms with Crippen molar-refractivity contribution < 1.29 is 23.4 Å². The van der Waals surface area contributed by atoms with Gasteiger partial charge in [0.1, 0.15) is 18.3 Å². The predicted molar refractivity (Wildman–Crippen MR) is 81.3 cm³/mol. The van der Waals surface area contributed by atoms with Gasteiger partial charge in [-0.05, 0) is 33.5 Å². The van der Waals surface area contributed by atoms with Gasteiger partial charge in [0.2, 0.25) is 0 Å². The standard InChI is InChI=1S/C15H28O5Si/c1-9-10(2)14(16)18-12(9)13(20-21(5,6)7)11-8-17-15(3,4)19-11/h9-13H,8H2,1-7H3/t9-,10-,11-,12-,13-/m1/s1. The van der Waals surface area contributed by atoms with Crippen molar-refractivity contribution in [1.82, 2.24) is 0 Å². The minimum Gasteiger partial charge on any atom is -0.459 e. The van der Waals surface area contributed by atoms with E-state index in [0.29, 0.717) is 6.61 Å². The third-order valence-corrected chi connectivity index (χ3v) is 5.12. The van der Waals surface area contributed by atoms with Crippen molar-refractivity contribution in [3.8, 4) is 0 Å². The third-order valence-electron chi connectivity index (χ3n) is 4.14. The van der Waals surface area contributed by atoms with E-state index >= 15 is 0 Å². The summed E-state index contributed by atoms with van der Waals surface area (Å²) in [7, 11) is -1.80. The molecule has 0 bridgehead atoms. The van der Waals surface area contributed by atoms with Gasteiger partial charge in [0.25, 0.3) is 0 Å². The molecule has 0 aromatic carbocycles. The molecule has 0 radical (unpaired) electrons. The molecule has 2 saturated heterocycles. The average Bonchev–Trinajstić information content (AvgIpc) is 2.80. The molecule has 2 heterocycles. The lowest BCUT2D eigenvalue weighted by Gasteiger charge is -2.35. The highest BCUT2D eigenvalue weighted by molar-refractivity contribution is 6.69. The molecule has 2 aliphatic rings. The van der Waals surface area contributed by atoms with Crippen molar-refractivity contribution in [3.63, 3.8) is 0 Å². The Balaban J connectivity index is 2.19. The van der Waals surface area contributed by atoms with E-state index in [2.05, 4.69) is 19.6 Å². The number of ether oxygens (including phenoxy) is 3. The fourth-order valence-electron chi connectivity index (χ4n) is 2.85. The lowest BCUT2D eigenvalue weighted by Crippen LogP contribution is -2.49.